The summed E-state index contributed by atoms with van der Waals surface area (Å²) in [6, 6.07) is 4.64. The average Bonchev–Trinajstić information content (AvgIpc) is 2.37. The third-order valence-corrected chi connectivity index (χ3v) is 3.52. The molecule has 0 spiro atoms. The number of aromatic nitrogens is 1. The third kappa shape index (κ3) is 5.99. The number of ether oxygens (including phenoxy) is 1. The minimum atomic E-state index is 0.0428. The van der Waals surface area contributed by atoms with Gasteiger partial charge >= 0.3 is 0 Å². The second kappa shape index (κ2) is 7.72. The molecule has 1 aromatic rings. The fourth-order valence-corrected chi connectivity index (χ4v) is 1.50. The summed E-state index contributed by atoms with van der Waals surface area (Å²) in [5.74, 6) is 0. The lowest BCUT2D eigenvalue weighted by Gasteiger charge is -2.32. The van der Waals surface area contributed by atoms with Crippen molar-refractivity contribution in [2.75, 3.05) is 20.7 Å². The Morgan fingerprint density at radius 3 is 2.50 bits per heavy atom. The molecular formula is C16H29N3O. The predicted octanol–water partition coefficient (Wildman–Crippen LogP) is 2.44. The SMILES string of the molecule is CC(C)NCc1ccc(COCC(C)(C)N(C)C)nc1. The maximum Gasteiger partial charge on any atom is 0.0888 e. The molecular weight excluding hydrogens is 250 g/mol. The smallest absolute Gasteiger partial charge is 0.0888 e. The van der Waals surface area contributed by atoms with E-state index in [1.165, 1.54) is 5.56 Å². The molecule has 0 aliphatic carbocycles. The Bertz CT molecular complexity index is 385. The molecule has 0 unspecified atom stereocenters. The van der Waals surface area contributed by atoms with Crippen LogP contribution in [0.15, 0.2) is 18.3 Å². The van der Waals surface area contributed by atoms with Crippen LogP contribution >= 0.6 is 0 Å². The first kappa shape index (κ1) is 17.1. The van der Waals surface area contributed by atoms with Gasteiger partial charge in [0, 0.05) is 24.3 Å². The molecule has 0 amide bonds. The van der Waals surface area contributed by atoms with Crippen molar-refractivity contribution in [3.8, 4) is 0 Å². The Kier molecular flexibility index (Phi) is 6.59. The van der Waals surface area contributed by atoms with Gasteiger partial charge in [-0.15, -0.1) is 0 Å². The van der Waals surface area contributed by atoms with Crippen molar-refractivity contribution < 1.29 is 4.74 Å². The van der Waals surface area contributed by atoms with Crippen LogP contribution in [0, 0.1) is 0 Å². The summed E-state index contributed by atoms with van der Waals surface area (Å²) >= 11 is 0. The van der Waals surface area contributed by atoms with E-state index in [0.717, 1.165) is 12.2 Å². The van der Waals surface area contributed by atoms with E-state index in [9.17, 15) is 0 Å². The quantitative estimate of drug-likeness (QED) is 0.793. The van der Waals surface area contributed by atoms with Gasteiger partial charge in [-0.2, -0.15) is 0 Å². The Hall–Kier alpha value is -0.970. The van der Waals surface area contributed by atoms with Crippen molar-refractivity contribution in [3.63, 3.8) is 0 Å². The van der Waals surface area contributed by atoms with E-state index in [1.54, 1.807) is 0 Å². The number of rotatable bonds is 8. The van der Waals surface area contributed by atoms with Crippen molar-refractivity contribution in [2.45, 2.75) is 52.4 Å². The fraction of sp³-hybridized carbons (Fsp3) is 0.688. The van der Waals surface area contributed by atoms with E-state index >= 15 is 0 Å². The van der Waals surface area contributed by atoms with Gasteiger partial charge in [0.1, 0.15) is 0 Å². The van der Waals surface area contributed by atoms with E-state index in [2.05, 4.69) is 63.1 Å². The van der Waals surface area contributed by atoms with Crippen LogP contribution in [0.25, 0.3) is 0 Å². The summed E-state index contributed by atoms with van der Waals surface area (Å²) in [5.41, 5.74) is 2.23. The zero-order valence-electron chi connectivity index (χ0n) is 13.7. The first-order chi connectivity index (χ1) is 9.31. The maximum atomic E-state index is 5.76. The highest BCUT2D eigenvalue weighted by atomic mass is 16.5. The minimum Gasteiger partial charge on any atom is -0.373 e. The Balaban J connectivity index is 2.38. The van der Waals surface area contributed by atoms with E-state index in [0.29, 0.717) is 19.3 Å². The molecule has 1 heterocycles. The highest BCUT2D eigenvalue weighted by molar-refractivity contribution is 5.13. The standard InChI is InChI=1S/C16H29N3O/c1-13(2)17-9-14-7-8-15(18-10-14)11-20-12-16(3,4)19(5)6/h7-8,10,13,17H,9,11-12H2,1-6H3. The molecule has 0 saturated heterocycles. The van der Waals surface area contributed by atoms with Gasteiger partial charge < -0.3 is 15.0 Å². The van der Waals surface area contributed by atoms with Gasteiger partial charge in [-0.25, -0.2) is 0 Å². The lowest BCUT2D eigenvalue weighted by molar-refractivity contribution is 0.0262. The molecule has 0 radical (unpaired) electrons. The highest BCUT2D eigenvalue weighted by Gasteiger charge is 2.20. The van der Waals surface area contributed by atoms with Gasteiger partial charge in [-0.05, 0) is 39.6 Å². The molecule has 0 fully saturated rings. The van der Waals surface area contributed by atoms with Crippen LogP contribution in [0.2, 0.25) is 0 Å². The topological polar surface area (TPSA) is 37.4 Å². The number of hydrogen-bond donors (Lipinski definition) is 1. The molecule has 0 aliphatic heterocycles. The van der Waals surface area contributed by atoms with Gasteiger partial charge in [0.05, 0.1) is 18.9 Å². The van der Waals surface area contributed by atoms with Crippen LogP contribution in [-0.4, -0.2) is 42.2 Å². The summed E-state index contributed by atoms with van der Waals surface area (Å²) < 4.78 is 5.76. The summed E-state index contributed by atoms with van der Waals surface area (Å²) in [4.78, 5) is 6.61. The van der Waals surface area contributed by atoms with Gasteiger partial charge in [0.15, 0.2) is 0 Å². The molecule has 1 aromatic heterocycles. The monoisotopic (exact) mass is 279 g/mol. The molecule has 20 heavy (non-hydrogen) atoms. The molecule has 0 atom stereocenters. The van der Waals surface area contributed by atoms with Crippen molar-refractivity contribution in [1.82, 2.24) is 15.2 Å². The minimum absolute atomic E-state index is 0.0428. The van der Waals surface area contributed by atoms with E-state index in [1.807, 2.05) is 12.3 Å². The van der Waals surface area contributed by atoms with Crippen LogP contribution in [0.5, 0.6) is 0 Å². The highest BCUT2D eigenvalue weighted by Crippen LogP contribution is 2.11. The lowest BCUT2D eigenvalue weighted by Crippen LogP contribution is -2.42. The first-order valence-corrected chi connectivity index (χ1v) is 7.23. The summed E-state index contributed by atoms with van der Waals surface area (Å²) in [5, 5.41) is 3.38. The van der Waals surface area contributed by atoms with Crippen molar-refractivity contribution in [1.29, 1.82) is 0 Å². The Morgan fingerprint density at radius 1 is 1.30 bits per heavy atom. The molecule has 0 aliphatic rings. The van der Waals surface area contributed by atoms with Crippen molar-refractivity contribution >= 4 is 0 Å². The molecule has 114 valence electrons. The molecule has 0 bridgehead atoms. The Morgan fingerprint density at radius 2 is 2.00 bits per heavy atom. The number of pyridine rings is 1. The third-order valence-electron chi connectivity index (χ3n) is 3.52. The van der Waals surface area contributed by atoms with Crippen molar-refractivity contribution in [3.05, 3.63) is 29.6 Å². The van der Waals surface area contributed by atoms with Crippen molar-refractivity contribution in [2.24, 2.45) is 0 Å². The number of nitrogens with zero attached hydrogens (tertiary/aromatic N) is 2. The largest absolute Gasteiger partial charge is 0.373 e. The predicted molar refractivity (Wildman–Crippen MR) is 83.6 cm³/mol. The second-order valence-electron chi connectivity index (χ2n) is 6.39. The number of hydrogen-bond acceptors (Lipinski definition) is 4. The van der Waals surface area contributed by atoms with Gasteiger partial charge in [-0.1, -0.05) is 19.9 Å². The second-order valence-corrected chi connectivity index (χ2v) is 6.39. The fourth-order valence-electron chi connectivity index (χ4n) is 1.50. The molecule has 1 rings (SSSR count). The lowest BCUT2D eigenvalue weighted by atomic mass is 10.1. The van der Waals surface area contributed by atoms with Crippen LogP contribution < -0.4 is 5.32 Å². The molecule has 4 heteroatoms. The van der Waals surface area contributed by atoms with Gasteiger partial charge in [0.25, 0.3) is 0 Å². The summed E-state index contributed by atoms with van der Waals surface area (Å²) in [7, 11) is 4.14. The van der Waals surface area contributed by atoms with Crippen LogP contribution in [0.3, 0.4) is 0 Å². The zero-order valence-corrected chi connectivity index (χ0v) is 13.7. The van der Waals surface area contributed by atoms with E-state index < -0.39 is 0 Å². The van der Waals surface area contributed by atoms with Gasteiger partial charge in [-0.3, -0.25) is 4.98 Å². The zero-order chi connectivity index (χ0) is 15.2. The van der Waals surface area contributed by atoms with Crippen LogP contribution in [0.4, 0.5) is 0 Å². The van der Waals surface area contributed by atoms with Crippen LogP contribution in [-0.2, 0) is 17.9 Å². The Labute approximate surface area is 123 Å². The molecule has 0 saturated carbocycles. The average molecular weight is 279 g/mol. The maximum absolute atomic E-state index is 5.76. The van der Waals surface area contributed by atoms with E-state index in [4.69, 9.17) is 4.74 Å². The van der Waals surface area contributed by atoms with Crippen LogP contribution in [0.1, 0.15) is 39.0 Å². The summed E-state index contributed by atoms with van der Waals surface area (Å²) in [6.07, 6.45) is 1.92. The normalized spacial score (nSPS) is 12.4. The van der Waals surface area contributed by atoms with E-state index in [-0.39, 0.29) is 5.54 Å². The number of likely N-dealkylation sites (N-methyl/N-ethyl adjacent to an activating group) is 1. The molecule has 1 N–H and O–H groups in total. The molecule has 4 nitrogen and oxygen atoms in total. The summed E-state index contributed by atoms with van der Waals surface area (Å²) in [6.45, 7) is 10.7. The van der Waals surface area contributed by atoms with Gasteiger partial charge in [0.2, 0.25) is 0 Å². The first-order valence-electron chi connectivity index (χ1n) is 7.23. The molecule has 0 aromatic carbocycles. The number of nitrogens with one attached hydrogen (secondary N) is 1.